The molecule has 9 rings (SSSR count). The molecule has 2 heteroatoms. The van der Waals surface area contributed by atoms with Gasteiger partial charge in [0.1, 0.15) is 11.2 Å². The molecule has 0 bridgehead atoms. The zero-order valence-corrected chi connectivity index (χ0v) is 23.5. The number of furan rings is 1. The summed E-state index contributed by atoms with van der Waals surface area (Å²) >= 11 is 1.87. The molecule has 7 aromatic carbocycles. The van der Waals surface area contributed by atoms with Gasteiger partial charge in [0.25, 0.3) is 0 Å². The van der Waals surface area contributed by atoms with E-state index < -0.39 is 0 Å². The Morgan fingerprint density at radius 3 is 1.81 bits per heavy atom. The SMILES string of the molecule is c1ccc(-c2ccccc2-c2ccc3c(c2)oc2ccccc23)c(-c2ccc3c(c2)-c2cccc4cccc(c24)S3)c1. The summed E-state index contributed by atoms with van der Waals surface area (Å²) < 4.78 is 6.25. The van der Waals surface area contributed by atoms with Crippen LogP contribution in [0.2, 0.25) is 0 Å². The number of hydrogen-bond acceptors (Lipinski definition) is 2. The van der Waals surface area contributed by atoms with Crippen molar-refractivity contribution in [1.82, 2.24) is 0 Å². The summed E-state index contributed by atoms with van der Waals surface area (Å²) in [5.74, 6) is 0. The fraction of sp³-hybridized carbons (Fsp3) is 0. The summed E-state index contributed by atoms with van der Waals surface area (Å²) in [7, 11) is 0. The average Bonchev–Trinajstić information content (AvgIpc) is 3.43. The van der Waals surface area contributed by atoms with Crippen molar-refractivity contribution < 1.29 is 4.42 Å². The third-order valence-corrected chi connectivity index (χ3v) is 9.64. The molecule has 8 aromatic rings. The Morgan fingerprint density at radius 1 is 0.381 bits per heavy atom. The smallest absolute Gasteiger partial charge is 0.136 e. The van der Waals surface area contributed by atoms with Crippen LogP contribution in [0, 0.1) is 0 Å². The molecular weight excluding hydrogens is 529 g/mol. The van der Waals surface area contributed by atoms with Crippen molar-refractivity contribution in [2.24, 2.45) is 0 Å². The van der Waals surface area contributed by atoms with E-state index in [9.17, 15) is 0 Å². The second kappa shape index (κ2) is 9.24. The van der Waals surface area contributed by atoms with Crippen molar-refractivity contribution in [2.75, 3.05) is 0 Å². The van der Waals surface area contributed by atoms with Crippen LogP contribution in [0.4, 0.5) is 0 Å². The van der Waals surface area contributed by atoms with Crippen LogP contribution in [0.1, 0.15) is 0 Å². The monoisotopic (exact) mass is 552 g/mol. The van der Waals surface area contributed by atoms with Crippen LogP contribution in [-0.4, -0.2) is 0 Å². The van der Waals surface area contributed by atoms with Crippen molar-refractivity contribution in [3.05, 3.63) is 146 Å². The van der Waals surface area contributed by atoms with Crippen LogP contribution in [0.15, 0.2) is 160 Å². The maximum Gasteiger partial charge on any atom is 0.136 e. The minimum absolute atomic E-state index is 0.915. The highest BCUT2D eigenvalue weighted by atomic mass is 32.2. The number of benzene rings is 7. The third kappa shape index (κ3) is 3.59. The largest absolute Gasteiger partial charge is 0.456 e. The summed E-state index contributed by atoms with van der Waals surface area (Å²) in [6.45, 7) is 0. The first-order chi connectivity index (χ1) is 20.8. The molecule has 1 aliphatic rings. The molecule has 0 spiro atoms. The lowest BCUT2D eigenvalue weighted by atomic mass is 9.88. The highest BCUT2D eigenvalue weighted by Gasteiger charge is 2.20. The van der Waals surface area contributed by atoms with Gasteiger partial charge in [-0.2, -0.15) is 0 Å². The zero-order chi connectivity index (χ0) is 27.6. The molecule has 42 heavy (non-hydrogen) atoms. The van der Waals surface area contributed by atoms with Gasteiger partial charge in [0.2, 0.25) is 0 Å². The van der Waals surface area contributed by atoms with Gasteiger partial charge < -0.3 is 4.42 Å². The van der Waals surface area contributed by atoms with E-state index in [1.807, 2.05) is 23.9 Å². The van der Waals surface area contributed by atoms with Gasteiger partial charge in [-0.3, -0.25) is 0 Å². The molecule has 0 saturated carbocycles. The zero-order valence-electron chi connectivity index (χ0n) is 22.7. The quantitative estimate of drug-likeness (QED) is 0.216. The molecule has 0 aliphatic carbocycles. The van der Waals surface area contributed by atoms with E-state index in [0.29, 0.717) is 0 Å². The average molecular weight is 553 g/mol. The molecule has 1 aliphatic heterocycles. The molecule has 1 nitrogen and oxygen atoms in total. The summed E-state index contributed by atoms with van der Waals surface area (Å²) in [5, 5.41) is 4.95. The molecule has 0 fully saturated rings. The fourth-order valence-corrected chi connectivity index (χ4v) is 7.69. The van der Waals surface area contributed by atoms with Gasteiger partial charge in [-0.15, -0.1) is 0 Å². The minimum Gasteiger partial charge on any atom is -0.456 e. The van der Waals surface area contributed by atoms with Gasteiger partial charge >= 0.3 is 0 Å². The van der Waals surface area contributed by atoms with Crippen molar-refractivity contribution in [1.29, 1.82) is 0 Å². The molecule has 0 saturated heterocycles. The van der Waals surface area contributed by atoms with E-state index in [-0.39, 0.29) is 0 Å². The van der Waals surface area contributed by atoms with Crippen molar-refractivity contribution in [2.45, 2.75) is 9.79 Å². The molecule has 196 valence electrons. The van der Waals surface area contributed by atoms with Crippen LogP contribution in [0.5, 0.6) is 0 Å². The number of fused-ring (bicyclic) bond motifs is 5. The van der Waals surface area contributed by atoms with E-state index in [0.717, 1.165) is 27.5 Å². The van der Waals surface area contributed by atoms with Gasteiger partial charge in [-0.25, -0.2) is 0 Å². The van der Waals surface area contributed by atoms with E-state index in [2.05, 4.69) is 133 Å². The topological polar surface area (TPSA) is 13.1 Å². The molecule has 0 N–H and O–H groups in total. The summed E-state index contributed by atoms with van der Waals surface area (Å²) in [4.78, 5) is 2.64. The molecule has 0 atom stereocenters. The number of hydrogen-bond donors (Lipinski definition) is 0. The number of para-hydroxylation sites is 1. The third-order valence-electron chi connectivity index (χ3n) is 8.50. The van der Waals surface area contributed by atoms with Gasteiger partial charge in [0, 0.05) is 25.9 Å². The van der Waals surface area contributed by atoms with Gasteiger partial charge in [-0.05, 0) is 86.3 Å². The Labute approximate surface area is 248 Å². The molecule has 0 amide bonds. The Bertz CT molecular complexity index is 2340. The molecular formula is C40H24OS. The van der Waals surface area contributed by atoms with Crippen LogP contribution < -0.4 is 0 Å². The van der Waals surface area contributed by atoms with E-state index in [1.165, 1.54) is 59.5 Å². The number of rotatable bonds is 3. The van der Waals surface area contributed by atoms with Gasteiger partial charge in [-0.1, -0.05) is 121 Å². The van der Waals surface area contributed by atoms with E-state index in [4.69, 9.17) is 4.42 Å². The lowest BCUT2D eigenvalue weighted by Gasteiger charge is -2.21. The van der Waals surface area contributed by atoms with Crippen molar-refractivity contribution in [3.63, 3.8) is 0 Å². The first-order valence-corrected chi connectivity index (χ1v) is 15.1. The highest BCUT2D eigenvalue weighted by molar-refractivity contribution is 7.99. The Balaban J connectivity index is 1.20. The lowest BCUT2D eigenvalue weighted by molar-refractivity contribution is 0.669. The molecule has 2 heterocycles. The Kier molecular flexibility index (Phi) is 5.20. The standard InChI is InChI=1S/C40H24OS/c1-3-13-30(31-14-4-2-12-29(31)27-19-21-33-32-15-5-6-17-36(32)41-37(33)24-27)28(11-1)26-20-22-38-35(23-26)34-16-7-9-25-10-8-18-39(42-38)40(25)34/h1-24H. The predicted molar refractivity (Wildman–Crippen MR) is 177 cm³/mol. The first-order valence-electron chi connectivity index (χ1n) is 14.3. The fourth-order valence-electron chi connectivity index (χ4n) is 6.56. The summed E-state index contributed by atoms with van der Waals surface area (Å²) in [5.41, 5.74) is 11.7. The highest BCUT2D eigenvalue weighted by Crippen LogP contribution is 2.49. The summed E-state index contributed by atoms with van der Waals surface area (Å²) in [6.07, 6.45) is 0. The molecule has 0 unspecified atom stereocenters. The van der Waals surface area contributed by atoms with E-state index in [1.54, 1.807) is 0 Å². The lowest BCUT2D eigenvalue weighted by Crippen LogP contribution is -1.94. The summed E-state index contributed by atoms with van der Waals surface area (Å²) in [6, 6.07) is 52.6. The van der Waals surface area contributed by atoms with Crippen LogP contribution >= 0.6 is 11.8 Å². The van der Waals surface area contributed by atoms with Crippen LogP contribution in [0.3, 0.4) is 0 Å². The molecule has 0 radical (unpaired) electrons. The van der Waals surface area contributed by atoms with Crippen molar-refractivity contribution >= 4 is 44.5 Å². The maximum atomic E-state index is 6.25. The second-order valence-electron chi connectivity index (χ2n) is 10.9. The first kappa shape index (κ1) is 23.6. The minimum atomic E-state index is 0.915. The van der Waals surface area contributed by atoms with Gasteiger partial charge in [0.05, 0.1) is 0 Å². The van der Waals surface area contributed by atoms with Crippen LogP contribution in [-0.2, 0) is 0 Å². The molecule has 1 aromatic heterocycles. The van der Waals surface area contributed by atoms with E-state index >= 15 is 0 Å². The van der Waals surface area contributed by atoms with Crippen LogP contribution in [0.25, 0.3) is 77.2 Å². The Hall–Kier alpha value is -5.05. The predicted octanol–water partition coefficient (Wildman–Crippen LogP) is 11.9. The van der Waals surface area contributed by atoms with Gasteiger partial charge in [0.15, 0.2) is 0 Å². The normalized spacial score (nSPS) is 12.2. The van der Waals surface area contributed by atoms with Crippen molar-refractivity contribution in [3.8, 4) is 44.5 Å². The second-order valence-corrected chi connectivity index (χ2v) is 12.0. The maximum absolute atomic E-state index is 6.25. The Morgan fingerprint density at radius 2 is 1.00 bits per heavy atom.